The van der Waals surface area contributed by atoms with Crippen LogP contribution in [0.2, 0.25) is 5.02 Å². The Morgan fingerprint density at radius 1 is 1.15 bits per heavy atom. The molecule has 0 aliphatic carbocycles. The summed E-state index contributed by atoms with van der Waals surface area (Å²) in [5.74, 6) is 0.747. The van der Waals surface area contributed by atoms with Crippen molar-refractivity contribution in [1.82, 2.24) is 4.90 Å². The van der Waals surface area contributed by atoms with E-state index in [2.05, 4.69) is 5.32 Å². The normalized spacial score (nSPS) is 10.5. The number of likely N-dealkylation sites (N-methyl/N-ethyl adjacent to an activating group) is 1. The summed E-state index contributed by atoms with van der Waals surface area (Å²) in [5.41, 5.74) is 4.01. The van der Waals surface area contributed by atoms with Crippen molar-refractivity contribution in [3.63, 3.8) is 0 Å². The van der Waals surface area contributed by atoms with E-state index in [4.69, 9.17) is 11.6 Å². The second kappa shape index (κ2) is 9.64. The molecule has 1 N–H and O–H groups in total. The molecular weight excluding hydrogens is 368 g/mol. The monoisotopic (exact) mass is 390 g/mol. The van der Waals surface area contributed by atoms with Crippen LogP contribution in [0.3, 0.4) is 0 Å². The van der Waals surface area contributed by atoms with Gasteiger partial charge in [0.05, 0.1) is 12.3 Å². The molecule has 0 radical (unpaired) electrons. The Morgan fingerprint density at radius 3 is 2.62 bits per heavy atom. The van der Waals surface area contributed by atoms with E-state index >= 15 is 0 Å². The quantitative estimate of drug-likeness (QED) is 0.767. The van der Waals surface area contributed by atoms with Gasteiger partial charge in [-0.2, -0.15) is 0 Å². The van der Waals surface area contributed by atoms with Gasteiger partial charge < -0.3 is 10.2 Å². The van der Waals surface area contributed by atoms with E-state index < -0.39 is 0 Å². The zero-order chi connectivity index (χ0) is 19.1. The molecule has 0 spiro atoms. The van der Waals surface area contributed by atoms with Crippen molar-refractivity contribution < 1.29 is 9.59 Å². The van der Waals surface area contributed by atoms with Gasteiger partial charge in [0.15, 0.2) is 0 Å². The summed E-state index contributed by atoms with van der Waals surface area (Å²) in [5, 5.41) is 3.56. The van der Waals surface area contributed by atoms with Crippen molar-refractivity contribution in [2.24, 2.45) is 0 Å². The number of anilines is 1. The predicted octanol–water partition coefficient (Wildman–Crippen LogP) is 4.29. The van der Waals surface area contributed by atoms with Gasteiger partial charge in [0.25, 0.3) is 0 Å². The molecule has 0 heterocycles. The molecule has 0 bridgehead atoms. The topological polar surface area (TPSA) is 49.4 Å². The molecule has 4 nitrogen and oxygen atoms in total. The average molecular weight is 391 g/mol. The number of halogens is 1. The summed E-state index contributed by atoms with van der Waals surface area (Å²) in [7, 11) is 1.64. The number of nitrogens with zero attached hydrogens (tertiary/aromatic N) is 1. The molecule has 2 aromatic carbocycles. The molecule has 0 saturated carbocycles. The standard InChI is InChI=1S/C20H23ClN2O2S/c1-14-6-4-9-18(15(14)2)22-19(24)11-23(3)20(25)13-26-12-16-7-5-8-17(21)10-16/h4-10H,11-13H2,1-3H3,(H,22,24). The Kier molecular flexibility index (Phi) is 7.54. The second-order valence-corrected chi connectivity index (χ2v) is 7.59. The maximum absolute atomic E-state index is 12.2. The minimum absolute atomic E-state index is 0.0317. The molecule has 0 aliphatic heterocycles. The number of carbonyl (C=O) groups excluding carboxylic acids is 2. The molecule has 2 aromatic rings. The van der Waals surface area contributed by atoms with Gasteiger partial charge in [-0.1, -0.05) is 35.9 Å². The molecule has 0 unspecified atom stereocenters. The maximum Gasteiger partial charge on any atom is 0.243 e. The lowest BCUT2D eigenvalue weighted by atomic mass is 10.1. The molecule has 0 atom stereocenters. The molecule has 26 heavy (non-hydrogen) atoms. The number of hydrogen-bond acceptors (Lipinski definition) is 3. The van der Waals surface area contributed by atoms with Gasteiger partial charge >= 0.3 is 0 Å². The summed E-state index contributed by atoms with van der Waals surface area (Å²) in [4.78, 5) is 25.9. The average Bonchev–Trinajstić information content (AvgIpc) is 2.59. The van der Waals surface area contributed by atoms with E-state index in [9.17, 15) is 9.59 Å². The van der Waals surface area contributed by atoms with Crippen molar-refractivity contribution in [3.05, 3.63) is 64.2 Å². The van der Waals surface area contributed by atoms with Crippen LogP contribution in [0.25, 0.3) is 0 Å². The fourth-order valence-corrected chi connectivity index (χ4v) is 3.50. The van der Waals surface area contributed by atoms with Gasteiger partial charge in [0.2, 0.25) is 11.8 Å². The Bertz CT molecular complexity index is 795. The van der Waals surface area contributed by atoms with E-state index in [0.29, 0.717) is 16.5 Å². The van der Waals surface area contributed by atoms with Gasteiger partial charge in [0, 0.05) is 23.5 Å². The summed E-state index contributed by atoms with van der Waals surface area (Å²) in [6, 6.07) is 13.3. The lowest BCUT2D eigenvalue weighted by Crippen LogP contribution is -2.36. The summed E-state index contributed by atoms with van der Waals surface area (Å²) >= 11 is 7.46. The van der Waals surface area contributed by atoms with E-state index in [0.717, 1.165) is 22.4 Å². The third-order valence-electron chi connectivity index (χ3n) is 4.07. The molecule has 0 saturated heterocycles. The van der Waals surface area contributed by atoms with Crippen LogP contribution in [0.1, 0.15) is 16.7 Å². The Hall–Kier alpha value is -1.98. The van der Waals surface area contributed by atoms with Crippen molar-refractivity contribution in [2.45, 2.75) is 19.6 Å². The number of thioether (sulfide) groups is 1. The van der Waals surface area contributed by atoms with Crippen molar-refractivity contribution in [1.29, 1.82) is 0 Å². The van der Waals surface area contributed by atoms with Crippen molar-refractivity contribution >= 4 is 40.9 Å². The molecule has 2 amide bonds. The molecular formula is C20H23ClN2O2S. The number of aryl methyl sites for hydroxylation is 1. The van der Waals surface area contributed by atoms with Crippen LogP contribution in [0, 0.1) is 13.8 Å². The minimum atomic E-state index is -0.200. The smallest absolute Gasteiger partial charge is 0.243 e. The van der Waals surface area contributed by atoms with Crippen LogP contribution in [0.15, 0.2) is 42.5 Å². The first kappa shape index (κ1) is 20.3. The SMILES string of the molecule is Cc1cccc(NC(=O)CN(C)C(=O)CSCc2cccc(Cl)c2)c1C. The second-order valence-electron chi connectivity index (χ2n) is 6.17. The van der Waals surface area contributed by atoms with Crippen LogP contribution >= 0.6 is 23.4 Å². The van der Waals surface area contributed by atoms with Gasteiger partial charge in [-0.15, -0.1) is 11.8 Å². The van der Waals surface area contributed by atoms with Crippen LogP contribution in [0.4, 0.5) is 5.69 Å². The first-order valence-electron chi connectivity index (χ1n) is 8.29. The number of amides is 2. The summed E-state index contributed by atoms with van der Waals surface area (Å²) in [6.45, 7) is 3.99. The largest absolute Gasteiger partial charge is 0.336 e. The number of rotatable bonds is 7. The van der Waals surface area contributed by atoms with Crippen LogP contribution in [0.5, 0.6) is 0 Å². The molecule has 6 heteroatoms. The van der Waals surface area contributed by atoms with E-state index in [1.165, 1.54) is 16.7 Å². The van der Waals surface area contributed by atoms with Gasteiger partial charge in [-0.25, -0.2) is 0 Å². The van der Waals surface area contributed by atoms with Gasteiger partial charge in [0.1, 0.15) is 0 Å². The van der Waals surface area contributed by atoms with E-state index in [1.54, 1.807) is 7.05 Å². The third-order valence-corrected chi connectivity index (χ3v) is 5.29. The molecule has 138 valence electrons. The molecule has 0 aromatic heterocycles. The van der Waals surface area contributed by atoms with Crippen molar-refractivity contribution in [3.8, 4) is 0 Å². The number of carbonyl (C=O) groups is 2. The first-order valence-corrected chi connectivity index (χ1v) is 9.82. The lowest BCUT2D eigenvalue weighted by Gasteiger charge is -2.17. The van der Waals surface area contributed by atoms with Crippen LogP contribution in [-0.2, 0) is 15.3 Å². The highest BCUT2D eigenvalue weighted by atomic mass is 35.5. The highest BCUT2D eigenvalue weighted by molar-refractivity contribution is 7.99. The number of nitrogens with one attached hydrogen (secondary N) is 1. The first-order chi connectivity index (χ1) is 12.4. The van der Waals surface area contributed by atoms with E-state index in [1.807, 2.05) is 56.3 Å². The number of benzene rings is 2. The summed E-state index contributed by atoms with van der Waals surface area (Å²) < 4.78 is 0. The Balaban J connectivity index is 1.79. The Morgan fingerprint density at radius 2 is 1.88 bits per heavy atom. The third kappa shape index (κ3) is 6.07. The van der Waals surface area contributed by atoms with Crippen LogP contribution in [-0.4, -0.2) is 36.1 Å². The number of hydrogen-bond donors (Lipinski definition) is 1. The fourth-order valence-electron chi connectivity index (χ4n) is 2.37. The summed E-state index contributed by atoms with van der Waals surface area (Å²) in [6.07, 6.45) is 0. The van der Waals surface area contributed by atoms with E-state index in [-0.39, 0.29) is 18.4 Å². The molecule has 0 fully saturated rings. The minimum Gasteiger partial charge on any atom is -0.336 e. The van der Waals surface area contributed by atoms with Gasteiger partial charge in [-0.05, 0) is 48.7 Å². The highest BCUT2D eigenvalue weighted by Crippen LogP contribution is 2.18. The van der Waals surface area contributed by atoms with Crippen LogP contribution < -0.4 is 5.32 Å². The lowest BCUT2D eigenvalue weighted by molar-refractivity contribution is -0.131. The van der Waals surface area contributed by atoms with Crippen molar-refractivity contribution in [2.75, 3.05) is 24.7 Å². The Labute approximate surface area is 163 Å². The highest BCUT2D eigenvalue weighted by Gasteiger charge is 2.14. The molecule has 2 rings (SSSR count). The zero-order valence-corrected chi connectivity index (χ0v) is 16.8. The zero-order valence-electron chi connectivity index (χ0n) is 15.2. The maximum atomic E-state index is 12.2. The fraction of sp³-hybridized carbons (Fsp3) is 0.300. The molecule has 0 aliphatic rings. The predicted molar refractivity (Wildman–Crippen MR) is 110 cm³/mol. The van der Waals surface area contributed by atoms with Gasteiger partial charge in [-0.3, -0.25) is 9.59 Å².